The van der Waals surface area contributed by atoms with E-state index < -0.39 is 29.8 Å². The number of hydrogen-bond acceptors (Lipinski definition) is 7. The lowest BCUT2D eigenvalue weighted by molar-refractivity contribution is -0.198. The van der Waals surface area contributed by atoms with Crippen LogP contribution in [0.4, 0.5) is 4.79 Å². The summed E-state index contributed by atoms with van der Waals surface area (Å²) in [7, 11) is 0. The Morgan fingerprint density at radius 1 is 0.682 bits per heavy atom. The van der Waals surface area contributed by atoms with Gasteiger partial charge >= 0.3 is 6.16 Å². The first-order valence-electron chi connectivity index (χ1n) is 7.10. The standard InChI is InChI=1S/C9H8N2O7.2C2H6/c12-5-1-2-6(13)10(5)17-9(16)18-11-7(14)3-4-8(11)15;2*1-2/h1-4H2;2*1-2H3. The molecule has 9 heteroatoms. The van der Waals surface area contributed by atoms with Gasteiger partial charge in [0.25, 0.3) is 23.6 Å². The minimum Gasteiger partial charge on any atom is -0.293 e. The van der Waals surface area contributed by atoms with Crippen LogP contribution in [0, 0.1) is 0 Å². The van der Waals surface area contributed by atoms with Crippen molar-refractivity contribution in [2.24, 2.45) is 0 Å². The van der Waals surface area contributed by atoms with Crippen molar-refractivity contribution in [1.29, 1.82) is 0 Å². The van der Waals surface area contributed by atoms with E-state index >= 15 is 0 Å². The second-order valence-corrected chi connectivity index (χ2v) is 3.60. The molecule has 4 amide bonds. The summed E-state index contributed by atoms with van der Waals surface area (Å²) >= 11 is 0. The van der Waals surface area contributed by atoms with Gasteiger partial charge in [-0.3, -0.25) is 28.9 Å². The Morgan fingerprint density at radius 2 is 0.909 bits per heavy atom. The summed E-state index contributed by atoms with van der Waals surface area (Å²) in [6.45, 7) is 8.00. The average Bonchev–Trinajstić information content (AvgIpc) is 3.01. The van der Waals surface area contributed by atoms with Crippen LogP contribution in [-0.2, 0) is 28.9 Å². The number of carbonyl (C=O) groups excluding carboxylic acids is 5. The van der Waals surface area contributed by atoms with Crippen molar-refractivity contribution in [3.8, 4) is 0 Å². The fourth-order valence-electron chi connectivity index (χ4n) is 1.48. The Kier molecular flexibility index (Phi) is 8.42. The van der Waals surface area contributed by atoms with Crippen LogP contribution >= 0.6 is 0 Å². The van der Waals surface area contributed by atoms with Gasteiger partial charge in [-0.15, -0.1) is 0 Å². The predicted octanol–water partition coefficient (Wildman–Crippen LogP) is 1.32. The highest BCUT2D eigenvalue weighted by atomic mass is 16.9. The third-order valence-electron chi connectivity index (χ3n) is 2.34. The first kappa shape index (κ1) is 19.6. The van der Waals surface area contributed by atoms with Crippen molar-refractivity contribution >= 4 is 29.8 Å². The first-order chi connectivity index (χ1) is 10.5. The van der Waals surface area contributed by atoms with Gasteiger partial charge in [0, 0.05) is 25.7 Å². The molecular formula is C13H20N2O7. The molecule has 22 heavy (non-hydrogen) atoms. The van der Waals surface area contributed by atoms with Crippen LogP contribution in [0.5, 0.6) is 0 Å². The van der Waals surface area contributed by atoms with Gasteiger partial charge in [-0.25, -0.2) is 0 Å². The second kappa shape index (κ2) is 9.48. The highest BCUT2D eigenvalue weighted by Crippen LogP contribution is 2.15. The van der Waals surface area contributed by atoms with Gasteiger partial charge in [-0.1, -0.05) is 37.8 Å². The lowest BCUT2D eigenvalue weighted by Crippen LogP contribution is -2.37. The summed E-state index contributed by atoms with van der Waals surface area (Å²) in [5.41, 5.74) is 0. The summed E-state index contributed by atoms with van der Waals surface area (Å²) in [5, 5.41) is 0.515. The SMILES string of the molecule is CC.CC.O=C(ON1C(=O)CCC1=O)ON1C(=O)CCC1=O. The minimum atomic E-state index is -1.48. The number of imide groups is 2. The fourth-order valence-corrected chi connectivity index (χ4v) is 1.48. The number of nitrogens with zero attached hydrogens (tertiary/aromatic N) is 2. The van der Waals surface area contributed by atoms with Crippen LogP contribution in [-0.4, -0.2) is 39.9 Å². The Labute approximate surface area is 128 Å². The molecule has 0 N–H and O–H groups in total. The van der Waals surface area contributed by atoms with E-state index in [4.69, 9.17) is 0 Å². The monoisotopic (exact) mass is 316 g/mol. The maximum atomic E-state index is 11.2. The molecule has 0 aromatic carbocycles. The Hall–Kier alpha value is -2.45. The zero-order valence-corrected chi connectivity index (χ0v) is 13.1. The third-order valence-corrected chi connectivity index (χ3v) is 2.34. The smallest absolute Gasteiger partial charge is 0.293 e. The molecule has 2 rings (SSSR count). The van der Waals surface area contributed by atoms with Crippen molar-refractivity contribution in [2.45, 2.75) is 53.4 Å². The first-order valence-corrected chi connectivity index (χ1v) is 7.10. The predicted molar refractivity (Wildman–Crippen MR) is 72.4 cm³/mol. The van der Waals surface area contributed by atoms with E-state index in [2.05, 4.69) is 9.68 Å². The molecule has 2 fully saturated rings. The van der Waals surface area contributed by atoms with E-state index in [1.54, 1.807) is 0 Å². The maximum absolute atomic E-state index is 11.2. The summed E-state index contributed by atoms with van der Waals surface area (Å²) in [6.07, 6.45) is -1.73. The number of hydrogen-bond donors (Lipinski definition) is 0. The molecule has 2 aliphatic rings. The minimum absolute atomic E-state index is 0.0618. The molecule has 124 valence electrons. The van der Waals surface area contributed by atoms with Gasteiger partial charge < -0.3 is 0 Å². The number of carbonyl (C=O) groups is 5. The number of rotatable bonds is 2. The molecule has 0 aromatic heterocycles. The zero-order valence-electron chi connectivity index (χ0n) is 13.1. The molecule has 0 unspecified atom stereocenters. The highest BCUT2D eigenvalue weighted by molar-refractivity contribution is 6.02. The quantitative estimate of drug-likeness (QED) is 0.706. The molecule has 0 aromatic rings. The van der Waals surface area contributed by atoms with Gasteiger partial charge in [-0.2, -0.15) is 4.79 Å². The second-order valence-electron chi connectivity index (χ2n) is 3.60. The van der Waals surface area contributed by atoms with Crippen molar-refractivity contribution in [2.75, 3.05) is 0 Å². The van der Waals surface area contributed by atoms with E-state index in [0.29, 0.717) is 0 Å². The molecule has 0 atom stereocenters. The van der Waals surface area contributed by atoms with Crippen molar-refractivity contribution < 1.29 is 33.6 Å². The zero-order chi connectivity index (χ0) is 17.3. The Balaban J connectivity index is 0.00000102. The fraction of sp³-hybridized carbons (Fsp3) is 0.615. The Bertz CT molecular complexity index is 389. The van der Waals surface area contributed by atoms with Crippen LogP contribution in [0.15, 0.2) is 0 Å². The molecular weight excluding hydrogens is 296 g/mol. The third kappa shape index (κ3) is 4.83. The molecule has 0 radical (unpaired) electrons. The molecule has 2 saturated heterocycles. The molecule has 0 spiro atoms. The topological polar surface area (TPSA) is 110 Å². The van der Waals surface area contributed by atoms with Crippen LogP contribution in [0.3, 0.4) is 0 Å². The van der Waals surface area contributed by atoms with Crippen LogP contribution < -0.4 is 0 Å². The normalized spacial score (nSPS) is 16.7. The molecule has 0 bridgehead atoms. The molecule has 9 nitrogen and oxygen atoms in total. The summed E-state index contributed by atoms with van der Waals surface area (Å²) < 4.78 is 0. The van der Waals surface area contributed by atoms with Gasteiger partial charge in [-0.05, 0) is 0 Å². The van der Waals surface area contributed by atoms with Crippen LogP contribution in [0.25, 0.3) is 0 Å². The number of hydroxylamine groups is 4. The maximum Gasteiger partial charge on any atom is 0.560 e. The van der Waals surface area contributed by atoms with Gasteiger partial charge in [0.05, 0.1) is 0 Å². The largest absolute Gasteiger partial charge is 0.560 e. The van der Waals surface area contributed by atoms with Crippen molar-refractivity contribution in [3.05, 3.63) is 0 Å². The molecule has 0 aliphatic carbocycles. The van der Waals surface area contributed by atoms with Gasteiger partial charge in [0.2, 0.25) is 0 Å². The average molecular weight is 316 g/mol. The van der Waals surface area contributed by atoms with E-state index in [1.807, 2.05) is 27.7 Å². The van der Waals surface area contributed by atoms with Gasteiger partial charge in [0.15, 0.2) is 0 Å². The molecule has 2 heterocycles. The van der Waals surface area contributed by atoms with E-state index in [9.17, 15) is 24.0 Å². The van der Waals surface area contributed by atoms with E-state index in [1.165, 1.54) is 0 Å². The number of amides is 4. The molecule has 2 aliphatic heterocycles. The van der Waals surface area contributed by atoms with Crippen LogP contribution in [0.1, 0.15) is 53.4 Å². The Morgan fingerprint density at radius 3 is 1.14 bits per heavy atom. The van der Waals surface area contributed by atoms with Crippen molar-refractivity contribution in [3.63, 3.8) is 0 Å². The highest BCUT2D eigenvalue weighted by Gasteiger charge is 2.37. The van der Waals surface area contributed by atoms with Crippen LogP contribution in [0.2, 0.25) is 0 Å². The lowest BCUT2D eigenvalue weighted by atomic mass is 10.4. The van der Waals surface area contributed by atoms with Gasteiger partial charge in [0.1, 0.15) is 0 Å². The molecule has 0 saturated carbocycles. The van der Waals surface area contributed by atoms with Crippen molar-refractivity contribution in [1.82, 2.24) is 10.1 Å². The van der Waals surface area contributed by atoms with E-state index in [-0.39, 0.29) is 35.8 Å². The summed E-state index contributed by atoms with van der Waals surface area (Å²) in [6, 6.07) is 0. The summed E-state index contributed by atoms with van der Waals surface area (Å²) in [4.78, 5) is 64.3. The lowest BCUT2D eigenvalue weighted by Gasteiger charge is -2.15. The summed E-state index contributed by atoms with van der Waals surface area (Å²) in [5.74, 6) is -2.74. The van der Waals surface area contributed by atoms with E-state index in [0.717, 1.165) is 0 Å².